The first kappa shape index (κ1) is 18.1. The Labute approximate surface area is 155 Å². The monoisotopic (exact) mass is 371 g/mol. The van der Waals surface area contributed by atoms with Crippen LogP contribution in [0.1, 0.15) is 34.2 Å². The number of nitrogens with one attached hydrogen (secondary N) is 1. The van der Waals surface area contributed by atoms with Crippen molar-refractivity contribution in [2.24, 2.45) is 0 Å². The highest BCUT2D eigenvalue weighted by atomic mass is 32.1. The first-order valence-electron chi connectivity index (χ1n) is 8.40. The summed E-state index contributed by atoms with van der Waals surface area (Å²) in [5, 5.41) is 3.42. The topological polar surface area (TPSA) is 73.2 Å². The molecule has 3 rings (SSSR count). The van der Waals surface area contributed by atoms with Gasteiger partial charge in [-0.05, 0) is 51.5 Å². The Morgan fingerprint density at radius 3 is 2.73 bits per heavy atom. The number of carbonyl (C=O) groups is 2. The summed E-state index contributed by atoms with van der Waals surface area (Å²) >= 11 is 1.45. The number of benzene rings is 1. The van der Waals surface area contributed by atoms with Crippen LogP contribution in [0.4, 0.5) is 5.13 Å². The Morgan fingerprint density at radius 2 is 2.00 bits per heavy atom. The first-order chi connectivity index (χ1) is 12.4. The third-order valence-electron chi connectivity index (χ3n) is 4.16. The minimum atomic E-state index is -0.367. The second kappa shape index (κ2) is 7.29. The highest BCUT2D eigenvalue weighted by Gasteiger charge is 2.18. The maximum absolute atomic E-state index is 12.5. The molecule has 0 aliphatic carbocycles. The van der Waals surface area contributed by atoms with Crippen molar-refractivity contribution in [1.82, 2.24) is 9.55 Å². The van der Waals surface area contributed by atoms with Crippen molar-refractivity contribution < 1.29 is 14.3 Å². The molecule has 0 spiro atoms. The maximum atomic E-state index is 12.5. The predicted octanol–water partition coefficient (Wildman–Crippen LogP) is 3.84. The van der Waals surface area contributed by atoms with E-state index in [9.17, 15) is 9.59 Å². The van der Waals surface area contributed by atoms with E-state index in [1.54, 1.807) is 17.6 Å². The first-order valence-corrected chi connectivity index (χ1v) is 9.21. The molecule has 2 heterocycles. The van der Waals surface area contributed by atoms with Gasteiger partial charge in [-0.1, -0.05) is 17.4 Å². The lowest BCUT2D eigenvalue weighted by Gasteiger charge is -2.09. The number of fused-ring (bicyclic) bond motifs is 1. The summed E-state index contributed by atoms with van der Waals surface area (Å²) in [6.07, 6.45) is 0. The number of rotatable bonds is 5. The smallest absolute Gasteiger partial charge is 0.339 e. The summed E-state index contributed by atoms with van der Waals surface area (Å²) < 4.78 is 7.90. The van der Waals surface area contributed by atoms with E-state index in [1.807, 2.05) is 32.9 Å². The Morgan fingerprint density at radius 1 is 1.23 bits per heavy atom. The molecule has 1 aromatic carbocycles. The van der Waals surface area contributed by atoms with Gasteiger partial charge in [-0.15, -0.1) is 0 Å². The summed E-state index contributed by atoms with van der Waals surface area (Å²) in [5.74, 6) is -0.549. The van der Waals surface area contributed by atoms with Crippen LogP contribution in [0.5, 0.6) is 0 Å². The molecule has 0 bridgehead atoms. The van der Waals surface area contributed by atoms with E-state index in [2.05, 4.69) is 16.4 Å². The highest BCUT2D eigenvalue weighted by molar-refractivity contribution is 7.22. The number of nitrogens with zero attached hydrogens (tertiary/aromatic N) is 2. The molecule has 0 saturated heterocycles. The Hall–Kier alpha value is -2.67. The van der Waals surface area contributed by atoms with E-state index in [1.165, 1.54) is 11.3 Å². The molecule has 0 radical (unpaired) electrons. The van der Waals surface area contributed by atoms with Gasteiger partial charge in [-0.25, -0.2) is 9.78 Å². The van der Waals surface area contributed by atoms with Crippen LogP contribution in [0.2, 0.25) is 0 Å². The molecule has 0 fully saturated rings. The van der Waals surface area contributed by atoms with Crippen LogP contribution >= 0.6 is 11.3 Å². The Bertz CT molecular complexity index is 987. The van der Waals surface area contributed by atoms with Gasteiger partial charge >= 0.3 is 5.97 Å². The third kappa shape index (κ3) is 3.62. The number of ether oxygens (including phenoxy) is 1. The maximum Gasteiger partial charge on any atom is 0.339 e. The normalized spacial score (nSPS) is 10.9. The predicted molar refractivity (Wildman–Crippen MR) is 103 cm³/mol. The van der Waals surface area contributed by atoms with Crippen LogP contribution in [0.3, 0.4) is 0 Å². The highest BCUT2D eigenvalue weighted by Crippen LogP contribution is 2.26. The minimum absolute atomic E-state index is 0.117. The number of hydrogen-bond donors (Lipinski definition) is 1. The largest absolute Gasteiger partial charge is 0.462 e. The number of esters is 1. The van der Waals surface area contributed by atoms with Crippen LogP contribution in [0.15, 0.2) is 24.3 Å². The van der Waals surface area contributed by atoms with Crippen molar-refractivity contribution in [2.45, 2.75) is 34.2 Å². The van der Waals surface area contributed by atoms with Gasteiger partial charge < -0.3 is 14.6 Å². The minimum Gasteiger partial charge on any atom is -0.462 e. The molecular formula is C19H21N3O3S. The van der Waals surface area contributed by atoms with Crippen LogP contribution in [-0.2, 0) is 16.1 Å². The van der Waals surface area contributed by atoms with Crippen LogP contribution < -0.4 is 5.32 Å². The zero-order chi connectivity index (χ0) is 18.8. The average Bonchev–Trinajstić information content (AvgIpc) is 3.09. The summed E-state index contributed by atoms with van der Waals surface area (Å²) in [4.78, 5) is 28.9. The average molecular weight is 371 g/mol. The van der Waals surface area contributed by atoms with Crippen molar-refractivity contribution in [3.8, 4) is 0 Å². The molecule has 0 aliphatic rings. The van der Waals surface area contributed by atoms with Gasteiger partial charge in [0.2, 0.25) is 5.91 Å². The van der Waals surface area contributed by atoms with E-state index in [0.717, 1.165) is 27.2 Å². The van der Waals surface area contributed by atoms with Gasteiger partial charge in [-0.3, -0.25) is 4.79 Å². The summed E-state index contributed by atoms with van der Waals surface area (Å²) in [6, 6.07) is 7.75. The fraction of sp³-hybridized carbons (Fsp3) is 0.316. The molecule has 26 heavy (non-hydrogen) atoms. The van der Waals surface area contributed by atoms with Crippen LogP contribution in [-0.4, -0.2) is 28.0 Å². The molecule has 0 saturated carbocycles. The standard InChI is InChI=1S/C19H21N3O3S/c1-5-25-18(24)14-9-12(3)22(13(14)4)10-17(23)21-19-20-15-7-6-11(2)8-16(15)26-19/h6-9H,5,10H2,1-4H3,(H,20,21,23). The molecule has 1 amide bonds. The number of anilines is 1. The number of thiazole rings is 1. The Balaban J connectivity index is 1.76. The van der Waals surface area contributed by atoms with Gasteiger partial charge in [0.15, 0.2) is 5.13 Å². The number of aryl methyl sites for hydroxylation is 2. The molecular weight excluding hydrogens is 350 g/mol. The quantitative estimate of drug-likeness (QED) is 0.692. The third-order valence-corrected chi connectivity index (χ3v) is 5.09. The molecule has 0 unspecified atom stereocenters. The van der Waals surface area contributed by atoms with Crippen molar-refractivity contribution >= 4 is 38.6 Å². The molecule has 3 aromatic rings. The van der Waals surface area contributed by atoms with Crippen LogP contribution in [0, 0.1) is 20.8 Å². The molecule has 0 aliphatic heterocycles. The lowest BCUT2D eigenvalue weighted by atomic mass is 10.2. The Kier molecular flexibility index (Phi) is 5.08. The van der Waals surface area contributed by atoms with Crippen molar-refractivity contribution in [1.29, 1.82) is 0 Å². The lowest BCUT2D eigenvalue weighted by Crippen LogP contribution is -2.20. The summed E-state index contributed by atoms with van der Waals surface area (Å²) in [7, 11) is 0. The molecule has 136 valence electrons. The van der Waals surface area contributed by atoms with Gasteiger partial charge in [0.05, 0.1) is 22.4 Å². The van der Waals surface area contributed by atoms with E-state index < -0.39 is 0 Å². The van der Waals surface area contributed by atoms with E-state index >= 15 is 0 Å². The van der Waals surface area contributed by atoms with E-state index in [0.29, 0.717) is 17.3 Å². The molecule has 7 heteroatoms. The van der Waals surface area contributed by atoms with Crippen LogP contribution in [0.25, 0.3) is 10.2 Å². The van der Waals surface area contributed by atoms with Crippen molar-refractivity contribution in [2.75, 3.05) is 11.9 Å². The zero-order valence-corrected chi connectivity index (χ0v) is 16.1. The molecule has 2 aromatic heterocycles. The number of carbonyl (C=O) groups excluding carboxylic acids is 2. The van der Waals surface area contributed by atoms with Gasteiger partial charge in [0.25, 0.3) is 0 Å². The second-order valence-electron chi connectivity index (χ2n) is 6.13. The lowest BCUT2D eigenvalue weighted by molar-refractivity contribution is -0.116. The second-order valence-corrected chi connectivity index (χ2v) is 7.16. The number of hydrogen-bond acceptors (Lipinski definition) is 5. The number of amides is 1. The van der Waals surface area contributed by atoms with E-state index in [4.69, 9.17) is 4.74 Å². The fourth-order valence-corrected chi connectivity index (χ4v) is 3.83. The van der Waals surface area contributed by atoms with Gasteiger partial charge in [0.1, 0.15) is 6.54 Å². The van der Waals surface area contributed by atoms with Crippen molar-refractivity contribution in [3.63, 3.8) is 0 Å². The number of aromatic nitrogens is 2. The molecule has 0 atom stereocenters. The van der Waals surface area contributed by atoms with Gasteiger partial charge in [0, 0.05) is 11.4 Å². The van der Waals surface area contributed by atoms with Crippen molar-refractivity contribution in [3.05, 3.63) is 46.8 Å². The zero-order valence-electron chi connectivity index (χ0n) is 15.3. The fourth-order valence-electron chi connectivity index (χ4n) is 2.85. The summed E-state index contributed by atoms with van der Waals surface area (Å²) in [6.45, 7) is 7.91. The summed E-state index contributed by atoms with van der Waals surface area (Å²) in [5.41, 5.74) is 4.07. The SMILES string of the molecule is CCOC(=O)c1cc(C)n(CC(=O)Nc2nc3ccc(C)cc3s2)c1C. The molecule has 1 N–H and O–H groups in total. The van der Waals surface area contributed by atoms with Gasteiger partial charge in [-0.2, -0.15) is 0 Å². The molecule has 6 nitrogen and oxygen atoms in total. The van der Waals surface area contributed by atoms with E-state index in [-0.39, 0.29) is 18.4 Å².